The van der Waals surface area contributed by atoms with Crippen LogP contribution in [0, 0.1) is 6.92 Å². The molecule has 0 saturated heterocycles. The smallest absolute Gasteiger partial charge is 0.0847 e. The molecule has 2 heterocycles. The molecule has 102 valence electrons. The van der Waals surface area contributed by atoms with Crippen LogP contribution >= 0.6 is 22.9 Å². The van der Waals surface area contributed by atoms with E-state index in [-0.39, 0.29) is 6.04 Å². The van der Waals surface area contributed by atoms with Crippen LogP contribution in [0.1, 0.15) is 39.2 Å². The Morgan fingerprint density at radius 1 is 1.53 bits per heavy atom. The molecule has 3 nitrogen and oxygen atoms in total. The Kier molecular flexibility index (Phi) is 3.41. The molecule has 1 atom stereocenters. The van der Waals surface area contributed by atoms with Crippen LogP contribution in [-0.4, -0.2) is 9.78 Å². The van der Waals surface area contributed by atoms with Crippen molar-refractivity contribution in [3.05, 3.63) is 37.8 Å². The van der Waals surface area contributed by atoms with E-state index in [2.05, 4.69) is 11.2 Å². The first kappa shape index (κ1) is 13.2. The van der Waals surface area contributed by atoms with Gasteiger partial charge >= 0.3 is 0 Å². The number of fused-ring (bicyclic) bond motifs is 1. The highest BCUT2D eigenvalue weighted by Crippen LogP contribution is 2.34. The zero-order chi connectivity index (χ0) is 13.6. The first-order chi connectivity index (χ1) is 9.06. The third-order valence-electron chi connectivity index (χ3n) is 3.81. The minimum atomic E-state index is 0.0166. The van der Waals surface area contributed by atoms with E-state index in [0.29, 0.717) is 0 Å². The summed E-state index contributed by atoms with van der Waals surface area (Å²) in [5, 5.41) is 5.09. The van der Waals surface area contributed by atoms with Crippen LogP contribution in [0.4, 0.5) is 0 Å². The van der Waals surface area contributed by atoms with Gasteiger partial charge in [0.15, 0.2) is 0 Å². The second-order valence-corrected chi connectivity index (χ2v) is 6.78. The van der Waals surface area contributed by atoms with Gasteiger partial charge in [0.05, 0.1) is 16.4 Å². The molecule has 3 rings (SSSR count). The minimum absolute atomic E-state index is 0.0166. The van der Waals surface area contributed by atoms with Gasteiger partial charge in [-0.1, -0.05) is 11.6 Å². The van der Waals surface area contributed by atoms with Crippen LogP contribution in [0.25, 0.3) is 0 Å². The zero-order valence-corrected chi connectivity index (χ0v) is 12.8. The summed E-state index contributed by atoms with van der Waals surface area (Å²) >= 11 is 8.16. The molecule has 1 aliphatic carbocycles. The highest BCUT2D eigenvalue weighted by Gasteiger charge is 2.20. The van der Waals surface area contributed by atoms with Gasteiger partial charge in [-0.05, 0) is 37.8 Å². The number of hydrogen-bond acceptors (Lipinski definition) is 3. The predicted octanol–water partition coefficient (Wildman–Crippen LogP) is 3.17. The SMILES string of the molecule is Cc1nn(C)c(CC(N)c2cc3c(s2)CCC3)c1Cl. The van der Waals surface area contributed by atoms with Crippen LogP contribution in [0.3, 0.4) is 0 Å². The number of halogens is 1. The van der Waals surface area contributed by atoms with E-state index >= 15 is 0 Å². The highest BCUT2D eigenvalue weighted by molar-refractivity contribution is 7.12. The van der Waals surface area contributed by atoms with Crippen LogP contribution in [-0.2, 0) is 26.3 Å². The van der Waals surface area contributed by atoms with Crippen molar-refractivity contribution in [1.82, 2.24) is 9.78 Å². The number of aromatic nitrogens is 2. The summed E-state index contributed by atoms with van der Waals surface area (Å²) in [5.41, 5.74) is 9.75. The van der Waals surface area contributed by atoms with E-state index in [9.17, 15) is 0 Å². The van der Waals surface area contributed by atoms with E-state index in [1.165, 1.54) is 34.6 Å². The molecular weight excluding hydrogens is 278 g/mol. The van der Waals surface area contributed by atoms with Gasteiger partial charge in [0.1, 0.15) is 0 Å². The van der Waals surface area contributed by atoms with Crippen molar-refractivity contribution >= 4 is 22.9 Å². The van der Waals surface area contributed by atoms with E-state index < -0.39 is 0 Å². The Bertz CT molecular complexity index is 593. The molecule has 1 aliphatic rings. The Hall–Kier alpha value is -0.840. The Morgan fingerprint density at radius 2 is 2.32 bits per heavy atom. The first-order valence-corrected chi connectivity index (χ1v) is 7.80. The summed E-state index contributed by atoms with van der Waals surface area (Å²) < 4.78 is 1.85. The second kappa shape index (κ2) is 4.93. The minimum Gasteiger partial charge on any atom is -0.323 e. The lowest BCUT2D eigenvalue weighted by Gasteiger charge is -2.10. The third kappa shape index (κ3) is 2.33. The van der Waals surface area contributed by atoms with Crippen LogP contribution < -0.4 is 5.73 Å². The predicted molar refractivity (Wildman–Crippen MR) is 79.9 cm³/mol. The highest BCUT2D eigenvalue weighted by atomic mass is 35.5. The first-order valence-electron chi connectivity index (χ1n) is 6.61. The monoisotopic (exact) mass is 295 g/mol. The van der Waals surface area contributed by atoms with Gasteiger partial charge < -0.3 is 5.73 Å². The van der Waals surface area contributed by atoms with Crippen molar-refractivity contribution < 1.29 is 0 Å². The topological polar surface area (TPSA) is 43.8 Å². The van der Waals surface area contributed by atoms with Crippen molar-refractivity contribution in [2.45, 2.75) is 38.6 Å². The summed E-state index contributed by atoms with van der Waals surface area (Å²) in [6.07, 6.45) is 4.47. The third-order valence-corrected chi connectivity index (χ3v) is 5.67. The van der Waals surface area contributed by atoms with Gasteiger partial charge in [-0.2, -0.15) is 5.10 Å². The molecule has 2 N–H and O–H groups in total. The van der Waals surface area contributed by atoms with E-state index in [1.807, 2.05) is 30.0 Å². The average molecular weight is 296 g/mol. The quantitative estimate of drug-likeness (QED) is 0.945. The van der Waals surface area contributed by atoms with Gasteiger partial charge in [-0.3, -0.25) is 4.68 Å². The lowest BCUT2D eigenvalue weighted by atomic mass is 10.1. The Morgan fingerprint density at radius 3 is 2.95 bits per heavy atom. The maximum Gasteiger partial charge on any atom is 0.0847 e. The van der Waals surface area contributed by atoms with Crippen LogP contribution in [0.5, 0.6) is 0 Å². The zero-order valence-electron chi connectivity index (χ0n) is 11.2. The maximum absolute atomic E-state index is 6.35. The maximum atomic E-state index is 6.35. The number of thiophene rings is 1. The fraction of sp³-hybridized carbons (Fsp3) is 0.500. The Balaban J connectivity index is 1.82. The molecule has 1 unspecified atom stereocenters. The number of nitrogens with two attached hydrogens (primary N) is 1. The number of nitrogens with zero attached hydrogens (tertiary/aromatic N) is 2. The van der Waals surface area contributed by atoms with Crippen LogP contribution in [0.15, 0.2) is 6.07 Å². The van der Waals surface area contributed by atoms with Crippen molar-refractivity contribution in [2.75, 3.05) is 0 Å². The van der Waals surface area contributed by atoms with Crippen molar-refractivity contribution in [1.29, 1.82) is 0 Å². The summed E-state index contributed by atoms with van der Waals surface area (Å²) in [4.78, 5) is 2.80. The molecule has 19 heavy (non-hydrogen) atoms. The number of aryl methyl sites for hydroxylation is 4. The summed E-state index contributed by atoms with van der Waals surface area (Å²) in [6.45, 7) is 1.93. The lowest BCUT2D eigenvalue weighted by Crippen LogP contribution is -2.14. The van der Waals surface area contributed by atoms with E-state index in [0.717, 1.165) is 22.8 Å². The summed E-state index contributed by atoms with van der Waals surface area (Å²) in [5.74, 6) is 0. The fourth-order valence-electron chi connectivity index (χ4n) is 2.75. The van der Waals surface area contributed by atoms with Gasteiger partial charge in [0.25, 0.3) is 0 Å². The van der Waals surface area contributed by atoms with Gasteiger partial charge in [-0.15, -0.1) is 11.3 Å². The molecule has 5 heteroatoms. The van der Waals surface area contributed by atoms with Gasteiger partial charge in [0.2, 0.25) is 0 Å². The van der Waals surface area contributed by atoms with Crippen molar-refractivity contribution in [3.8, 4) is 0 Å². The molecule has 0 fully saturated rings. The Labute approximate surface area is 122 Å². The van der Waals surface area contributed by atoms with Crippen molar-refractivity contribution in [3.63, 3.8) is 0 Å². The molecule has 2 aromatic rings. The van der Waals surface area contributed by atoms with Crippen molar-refractivity contribution in [2.24, 2.45) is 12.8 Å². The van der Waals surface area contributed by atoms with Gasteiger partial charge in [-0.25, -0.2) is 0 Å². The lowest BCUT2D eigenvalue weighted by molar-refractivity contribution is 0.645. The van der Waals surface area contributed by atoms with E-state index in [1.54, 1.807) is 0 Å². The molecule has 2 aromatic heterocycles. The molecule has 0 radical (unpaired) electrons. The average Bonchev–Trinajstić information content (AvgIpc) is 2.99. The summed E-state index contributed by atoms with van der Waals surface area (Å²) in [7, 11) is 1.93. The normalized spacial score (nSPS) is 15.8. The fourth-order valence-corrected chi connectivity index (χ4v) is 4.24. The molecule has 0 amide bonds. The molecule has 0 spiro atoms. The largest absolute Gasteiger partial charge is 0.323 e. The summed E-state index contributed by atoms with van der Waals surface area (Å²) in [6, 6.07) is 2.30. The molecule has 0 bridgehead atoms. The van der Waals surface area contributed by atoms with Crippen LogP contribution in [0.2, 0.25) is 5.02 Å². The standard InChI is InChI=1S/C14H18ClN3S/c1-8-14(15)11(18(2)17-8)7-10(16)13-6-9-4-3-5-12(9)19-13/h6,10H,3-5,7,16H2,1-2H3. The molecular formula is C14H18ClN3S. The van der Waals surface area contributed by atoms with Gasteiger partial charge in [0, 0.05) is 29.3 Å². The number of rotatable bonds is 3. The molecule has 0 aliphatic heterocycles. The molecule has 0 saturated carbocycles. The second-order valence-electron chi connectivity index (χ2n) is 5.23. The van der Waals surface area contributed by atoms with E-state index in [4.69, 9.17) is 17.3 Å². The molecule has 0 aromatic carbocycles. The number of hydrogen-bond donors (Lipinski definition) is 1.